The van der Waals surface area contributed by atoms with Gasteiger partial charge in [-0.2, -0.15) is 13.2 Å². The molecule has 0 saturated carbocycles. The minimum atomic E-state index is -4.45. The van der Waals surface area contributed by atoms with Crippen LogP contribution in [-0.2, 0) is 15.9 Å². The van der Waals surface area contributed by atoms with Gasteiger partial charge in [0.15, 0.2) is 0 Å². The zero-order valence-corrected chi connectivity index (χ0v) is 10.5. The fourth-order valence-electron chi connectivity index (χ4n) is 1.22. The molecule has 0 N–H and O–H groups in total. The van der Waals surface area contributed by atoms with Crippen molar-refractivity contribution < 1.29 is 17.4 Å². The molecule has 0 aliphatic carbocycles. The van der Waals surface area contributed by atoms with Crippen molar-refractivity contribution in [1.29, 1.82) is 0 Å². The third kappa shape index (κ3) is 3.18. The quantitative estimate of drug-likeness (QED) is 0.826. The molecule has 1 aromatic rings. The van der Waals surface area contributed by atoms with Gasteiger partial charge in [0.05, 0.1) is 15.0 Å². The molecule has 0 aromatic carbocycles. The highest BCUT2D eigenvalue weighted by atomic mass is 32.2. The van der Waals surface area contributed by atoms with Crippen molar-refractivity contribution in [2.45, 2.75) is 18.3 Å². The second-order valence-electron chi connectivity index (χ2n) is 3.66. The first-order chi connectivity index (χ1) is 7.68. The number of pyridine rings is 1. The van der Waals surface area contributed by atoms with Gasteiger partial charge in [0, 0.05) is 19.5 Å². The summed E-state index contributed by atoms with van der Waals surface area (Å²) in [7, 11) is -1.02. The smallest absolute Gasteiger partial charge is 0.251 e. The predicted octanol–water partition coefficient (Wildman–Crippen LogP) is 2.89. The van der Waals surface area contributed by atoms with Crippen LogP contribution in [-0.4, -0.2) is 22.5 Å². The minimum absolute atomic E-state index is 0.456. The van der Waals surface area contributed by atoms with Crippen LogP contribution in [0.2, 0.25) is 0 Å². The molecule has 2 atom stereocenters. The Morgan fingerprint density at radius 1 is 1.41 bits per heavy atom. The maximum absolute atomic E-state index is 12.3. The van der Waals surface area contributed by atoms with Crippen LogP contribution in [0.25, 0.3) is 0 Å². The topological polar surface area (TPSA) is 42.3 Å². The van der Waals surface area contributed by atoms with Gasteiger partial charge >= 0.3 is 6.18 Å². The van der Waals surface area contributed by atoms with Crippen LogP contribution in [0.4, 0.5) is 13.2 Å². The molecule has 1 rings (SSSR count). The van der Waals surface area contributed by atoms with Crippen molar-refractivity contribution in [3.05, 3.63) is 29.6 Å². The maximum Gasteiger partial charge on any atom is 0.433 e. The van der Waals surface area contributed by atoms with Crippen molar-refractivity contribution >= 4 is 9.73 Å². The number of hydrogen-bond donors (Lipinski definition) is 0. The summed E-state index contributed by atoms with van der Waals surface area (Å²) in [5, 5.41) is -0.456. The summed E-state index contributed by atoms with van der Waals surface area (Å²) in [6.45, 7) is 1.65. The molecule has 0 amide bonds. The average Bonchev–Trinajstić information content (AvgIpc) is 2.27. The van der Waals surface area contributed by atoms with Crippen molar-refractivity contribution in [3.63, 3.8) is 0 Å². The van der Waals surface area contributed by atoms with E-state index in [2.05, 4.69) is 9.35 Å². The molecule has 0 bridgehead atoms. The van der Waals surface area contributed by atoms with Crippen molar-refractivity contribution in [2.24, 2.45) is 4.36 Å². The third-order valence-electron chi connectivity index (χ3n) is 2.56. The molecule has 0 fully saturated rings. The summed E-state index contributed by atoms with van der Waals surface area (Å²) in [5.74, 6) is 0. The highest BCUT2D eigenvalue weighted by molar-refractivity contribution is 7.93. The van der Waals surface area contributed by atoms with Crippen LogP contribution >= 0.6 is 0 Å². The lowest BCUT2D eigenvalue weighted by Gasteiger charge is -2.14. The Balaban J connectivity index is 3.09. The van der Waals surface area contributed by atoms with E-state index in [1.165, 1.54) is 19.4 Å². The van der Waals surface area contributed by atoms with Crippen LogP contribution in [0.3, 0.4) is 0 Å². The van der Waals surface area contributed by atoms with E-state index < -0.39 is 26.8 Å². The lowest BCUT2D eigenvalue weighted by molar-refractivity contribution is -0.141. The van der Waals surface area contributed by atoms with Gasteiger partial charge in [-0.05, 0) is 18.6 Å². The number of halogens is 3. The fourth-order valence-corrected chi connectivity index (χ4v) is 2.18. The van der Waals surface area contributed by atoms with Gasteiger partial charge in [-0.1, -0.05) is 6.07 Å². The number of nitrogens with zero attached hydrogens (tertiary/aromatic N) is 2. The van der Waals surface area contributed by atoms with E-state index in [9.17, 15) is 17.4 Å². The summed E-state index contributed by atoms with van der Waals surface area (Å²) < 4.78 is 52.5. The Morgan fingerprint density at radius 2 is 2.00 bits per heavy atom. The van der Waals surface area contributed by atoms with E-state index in [4.69, 9.17) is 0 Å². The average molecular weight is 266 g/mol. The maximum atomic E-state index is 12.3. The van der Waals surface area contributed by atoms with Gasteiger partial charge in [-0.25, -0.2) is 8.57 Å². The molecule has 0 aliphatic rings. The van der Waals surface area contributed by atoms with Gasteiger partial charge in [-0.3, -0.25) is 4.98 Å². The lowest BCUT2D eigenvalue weighted by atomic mass is 10.2. The van der Waals surface area contributed by atoms with Gasteiger partial charge in [0.2, 0.25) is 0 Å². The zero-order chi connectivity index (χ0) is 13.3. The first kappa shape index (κ1) is 14.0. The van der Waals surface area contributed by atoms with E-state index in [0.29, 0.717) is 5.56 Å². The molecule has 0 radical (unpaired) electrons. The Hall–Kier alpha value is -1.11. The van der Waals surface area contributed by atoms with Crippen molar-refractivity contribution in [1.82, 2.24) is 4.98 Å². The summed E-state index contributed by atoms with van der Waals surface area (Å²) in [5.41, 5.74) is -0.472. The zero-order valence-electron chi connectivity index (χ0n) is 9.65. The molecule has 2 unspecified atom stereocenters. The minimum Gasteiger partial charge on any atom is -0.251 e. The summed E-state index contributed by atoms with van der Waals surface area (Å²) >= 11 is 0. The van der Waals surface area contributed by atoms with Gasteiger partial charge in [0.25, 0.3) is 0 Å². The standard InChI is InChI=1S/C10H13F3N2OS/c1-7(17(3,16)14-2)8-4-5-9(15-6-8)10(11,12)13/h4-7H,1-3H3. The third-order valence-corrected chi connectivity index (χ3v) is 4.87. The Bertz CT molecular complexity index is 501. The number of alkyl halides is 3. The van der Waals surface area contributed by atoms with Crippen molar-refractivity contribution in [2.75, 3.05) is 13.3 Å². The largest absolute Gasteiger partial charge is 0.433 e. The molecule has 17 heavy (non-hydrogen) atoms. The van der Waals surface area contributed by atoms with Crippen LogP contribution in [0.15, 0.2) is 22.7 Å². The number of hydrogen-bond acceptors (Lipinski definition) is 3. The summed E-state index contributed by atoms with van der Waals surface area (Å²) in [4.78, 5) is 3.33. The van der Waals surface area contributed by atoms with Crippen LogP contribution < -0.4 is 0 Å². The molecular formula is C10H13F3N2OS. The Labute approximate surface area is 98.3 Å². The highest BCUT2D eigenvalue weighted by Crippen LogP contribution is 2.29. The Kier molecular flexibility index (Phi) is 3.81. The molecule has 3 nitrogen and oxygen atoms in total. The second-order valence-corrected chi connectivity index (χ2v) is 6.45. The summed E-state index contributed by atoms with van der Waals surface area (Å²) in [6.07, 6.45) is -1.89. The molecule has 96 valence electrons. The van der Waals surface area contributed by atoms with Gasteiger partial charge < -0.3 is 0 Å². The van der Waals surface area contributed by atoms with E-state index in [-0.39, 0.29) is 0 Å². The van der Waals surface area contributed by atoms with E-state index in [0.717, 1.165) is 12.3 Å². The summed E-state index contributed by atoms with van der Waals surface area (Å²) in [6, 6.07) is 2.17. The van der Waals surface area contributed by atoms with Gasteiger partial charge in [0.1, 0.15) is 5.69 Å². The molecule has 1 aromatic heterocycles. The first-order valence-corrected chi connectivity index (χ1v) is 6.79. The molecule has 1 heterocycles. The predicted molar refractivity (Wildman–Crippen MR) is 60.1 cm³/mol. The SMILES string of the molecule is CN=S(C)(=O)C(C)c1ccc(C(F)(F)F)nc1. The molecular weight excluding hydrogens is 253 g/mol. The second kappa shape index (κ2) is 4.64. The Morgan fingerprint density at radius 3 is 2.35 bits per heavy atom. The number of rotatable bonds is 2. The number of aromatic nitrogens is 1. The lowest BCUT2D eigenvalue weighted by Crippen LogP contribution is -2.11. The normalized spacial score (nSPS) is 17.3. The monoisotopic (exact) mass is 266 g/mol. The molecule has 7 heteroatoms. The van der Waals surface area contributed by atoms with E-state index in [1.54, 1.807) is 6.92 Å². The van der Waals surface area contributed by atoms with E-state index >= 15 is 0 Å². The van der Waals surface area contributed by atoms with Gasteiger partial charge in [-0.15, -0.1) is 0 Å². The van der Waals surface area contributed by atoms with Crippen LogP contribution in [0.1, 0.15) is 23.4 Å². The first-order valence-electron chi connectivity index (χ1n) is 4.80. The van der Waals surface area contributed by atoms with Crippen LogP contribution in [0.5, 0.6) is 0 Å². The molecule has 0 aliphatic heterocycles. The fraction of sp³-hybridized carbons (Fsp3) is 0.500. The highest BCUT2D eigenvalue weighted by Gasteiger charge is 2.32. The van der Waals surface area contributed by atoms with Crippen LogP contribution in [0, 0.1) is 0 Å². The van der Waals surface area contributed by atoms with E-state index in [1.807, 2.05) is 0 Å². The van der Waals surface area contributed by atoms with Crippen molar-refractivity contribution in [3.8, 4) is 0 Å². The molecule has 0 spiro atoms. The molecule has 0 saturated heterocycles.